The zero-order valence-corrected chi connectivity index (χ0v) is 13.9. The van der Waals surface area contributed by atoms with Crippen molar-refractivity contribution in [3.8, 4) is 0 Å². The molecule has 1 aromatic heterocycles. The van der Waals surface area contributed by atoms with Gasteiger partial charge in [-0.1, -0.05) is 30.2 Å². The largest absolute Gasteiger partial charge is 0.472 e. The van der Waals surface area contributed by atoms with Crippen molar-refractivity contribution in [3.05, 3.63) is 59.0 Å². The number of furan rings is 1. The lowest BCUT2D eigenvalue weighted by atomic mass is 9.64. The fourth-order valence-corrected chi connectivity index (χ4v) is 3.09. The molecule has 126 valence electrons. The van der Waals surface area contributed by atoms with Gasteiger partial charge in [0.05, 0.1) is 18.4 Å². The molecule has 2 aromatic rings. The van der Waals surface area contributed by atoms with E-state index in [0.717, 1.165) is 19.3 Å². The van der Waals surface area contributed by atoms with Crippen LogP contribution in [0.3, 0.4) is 0 Å². The van der Waals surface area contributed by atoms with E-state index in [0.29, 0.717) is 17.1 Å². The number of amides is 2. The molecule has 0 radical (unpaired) electrons. The van der Waals surface area contributed by atoms with Crippen LogP contribution in [0.5, 0.6) is 0 Å². The van der Waals surface area contributed by atoms with E-state index in [-0.39, 0.29) is 23.8 Å². The standard InChI is InChI=1S/C18H19ClN2O3/c19-15-4-2-14(3-5-15)18(7-1-8-18)12-21-16(22)10-20-17(23)13-6-9-24-11-13/h2-6,9,11H,1,7-8,10,12H2,(H,20,23)(H,21,22). The number of hydrogen-bond donors (Lipinski definition) is 2. The summed E-state index contributed by atoms with van der Waals surface area (Å²) in [6.07, 6.45) is 5.99. The second-order valence-corrected chi connectivity index (χ2v) is 6.55. The van der Waals surface area contributed by atoms with Crippen molar-refractivity contribution in [1.82, 2.24) is 10.6 Å². The van der Waals surface area contributed by atoms with E-state index in [1.807, 2.05) is 24.3 Å². The Hall–Kier alpha value is -2.27. The van der Waals surface area contributed by atoms with Gasteiger partial charge < -0.3 is 15.1 Å². The fraction of sp³-hybridized carbons (Fsp3) is 0.333. The molecular formula is C18H19ClN2O3. The third-order valence-corrected chi connectivity index (χ3v) is 4.84. The molecule has 1 fully saturated rings. The summed E-state index contributed by atoms with van der Waals surface area (Å²) in [6.45, 7) is 0.510. The minimum absolute atomic E-state index is 0.0190. The molecule has 0 atom stereocenters. The predicted octanol–water partition coefficient (Wildman–Crippen LogP) is 2.90. The van der Waals surface area contributed by atoms with Crippen LogP contribution < -0.4 is 10.6 Å². The Balaban J connectivity index is 1.51. The predicted molar refractivity (Wildman–Crippen MR) is 91.0 cm³/mol. The van der Waals surface area contributed by atoms with E-state index < -0.39 is 0 Å². The van der Waals surface area contributed by atoms with Gasteiger partial charge in [-0.05, 0) is 36.6 Å². The van der Waals surface area contributed by atoms with Gasteiger partial charge in [0.1, 0.15) is 6.26 Å². The summed E-state index contributed by atoms with van der Waals surface area (Å²) in [5.41, 5.74) is 1.58. The van der Waals surface area contributed by atoms with Crippen molar-refractivity contribution in [3.63, 3.8) is 0 Å². The van der Waals surface area contributed by atoms with Crippen LogP contribution in [0.15, 0.2) is 47.3 Å². The van der Waals surface area contributed by atoms with Crippen LogP contribution in [0.4, 0.5) is 0 Å². The van der Waals surface area contributed by atoms with Gasteiger partial charge in [-0.15, -0.1) is 0 Å². The molecule has 24 heavy (non-hydrogen) atoms. The van der Waals surface area contributed by atoms with Gasteiger partial charge in [-0.25, -0.2) is 0 Å². The Morgan fingerprint density at radius 2 is 1.88 bits per heavy atom. The molecule has 5 nitrogen and oxygen atoms in total. The Kier molecular flexibility index (Phi) is 4.90. The van der Waals surface area contributed by atoms with Crippen LogP contribution in [0.1, 0.15) is 35.2 Å². The third kappa shape index (κ3) is 3.62. The molecule has 6 heteroatoms. The van der Waals surface area contributed by atoms with E-state index in [1.54, 1.807) is 6.07 Å². The van der Waals surface area contributed by atoms with Gasteiger partial charge in [-0.2, -0.15) is 0 Å². The lowest BCUT2D eigenvalue weighted by Gasteiger charge is -2.42. The maximum atomic E-state index is 12.0. The smallest absolute Gasteiger partial charge is 0.254 e. The fourth-order valence-electron chi connectivity index (χ4n) is 2.96. The highest BCUT2D eigenvalue weighted by Gasteiger charge is 2.38. The zero-order valence-electron chi connectivity index (χ0n) is 13.2. The van der Waals surface area contributed by atoms with E-state index in [1.165, 1.54) is 18.1 Å². The van der Waals surface area contributed by atoms with Crippen molar-refractivity contribution in [2.45, 2.75) is 24.7 Å². The van der Waals surface area contributed by atoms with Gasteiger partial charge in [-0.3, -0.25) is 9.59 Å². The Bertz CT molecular complexity index is 706. The van der Waals surface area contributed by atoms with Crippen LogP contribution in [-0.4, -0.2) is 24.9 Å². The Labute approximate surface area is 145 Å². The topological polar surface area (TPSA) is 71.3 Å². The van der Waals surface area contributed by atoms with Crippen molar-refractivity contribution in [2.24, 2.45) is 0 Å². The first-order chi connectivity index (χ1) is 11.6. The summed E-state index contributed by atoms with van der Waals surface area (Å²) in [5.74, 6) is -0.526. The summed E-state index contributed by atoms with van der Waals surface area (Å²) in [5, 5.41) is 6.21. The molecule has 1 saturated carbocycles. The van der Waals surface area contributed by atoms with Crippen LogP contribution in [0.2, 0.25) is 5.02 Å². The Morgan fingerprint density at radius 1 is 1.12 bits per heavy atom. The molecule has 0 aliphatic heterocycles. The van der Waals surface area contributed by atoms with Crippen molar-refractivity contribution in [1.29, 1.82) is 0 Å². The number of halogens is 1. The molecule has 2 N–H and O–H groups in total. The number of benzene rings is 1. The highest BCUT2D eigenvalue weighted by molar-refractivity contribution is 6.30. The molecule has 3 rings (SSSR count). The molecule has 0 unspecified atom stereocenters. The molecule has 1 aromatic carbocycles. The van der Waals surface area contributed by atoms with Crippen LogP contribution >= 0.6 is 11.6 Å². The first kappa shape index (κ1) is 16.6. The van der Waals surface area contributed by atoms with Crippen molar-refractivity contribution < 1.29 is 14.0 Å². The molecule has 0 spiro atoms. The number of hydrogen-bond acceptors (Lipinski definition) is 3. The molecule has 0 bridgehead atoms. The Morgan fingerprint density at radius 3 is 2.46 bits per heavy atom. The van der Waals surface area contributed by atoms with Crippen molar-refractivity contribution >= 4 is 23.4 Å². The van der Waals surface area contributed by atoms with Gasteiger partial charge in [0.15, 0.2) is 0 Å². The van der Waals surface area contributed by atoms with Crippen LogP contribution in [-0.2, 0) is 10.2 Å². The minimum Gasteiger partial charge on any atom is -0.472 e. The maximum Gasteiger partial charge on any atom is 0.254 e. The van der Waals surface area contributed by atoms with Gasteiger partial charge in [0.25, 0.3) is 5.91 Å². The average molecular weight is 347 g/mol. The van der Waals surface area contributed by atoms with E-state index in [4.69, 9.17) is 16.0 Å². The lowest BCUT2D eigenvalue weighted by Crippen LogP contribution is -2.47. The summed E-state index contributed by atoms with van der Waals surface area (Å²) < 4.78 is 4.84. The second-order valence-electron chi connectivity index (χ2n) is 6.11. The highest BCUT2D eigenvalue weighted by Crippen LogP contribution is 2.43. The van der Waals surface area contributed by atoms with E-state index >= 15 is 0 Å². The highest BCUT2D eigenvalue weighted by atomic mass is 35.5. The van der Waals surface area contributed by atoms with E-state index in [9.17, 15) is 9.59 Å². The van der Waals surface area contributed by atoms with Crippen LogP contribution in [0.25, 0.3) is 0 Å². The zero-order chi connectivity index (χ0) is 17.0. The van der Waals surface area contributed by atoms with Crippen LogP contribution in [0, 0.1) is 0 Å². The van der Waals surface area contributed by atoms with Gasteiger partial charge in [0, 0.05) is 17.0 Å². The molecular weight excluding hydrogens is 328 g/mol. The number of rotatable bonds is 6. The third-order valence-electron chi connectivity index (χ3n) is 4.58. The normalized spacial score (nSPS) is 15.4. The van der Waals surface area contributed by atoms with E-state index in [2.05, 4.69) is 10.6 Å². The number of carbonyl (C=O) groups excluding carboxylic acids is 2. The summed E-state index contributed by atoms with van der Waals surface area (Å²) in [6, 6.07) is 9.35. The number of nitrogens with one attached hydrogen (secondary N) is 2. The quantitative estimate of drug-likeness (QED) is 0.844. The van der Waals surface area contributed by atoms with Gasteiger partial charge >= 0.3 is 0 Å². The molecule has 0 saturated heterocycles. The molecule has 1 aliphatic rings. The average Bonchev–Trinajstić information content (AvgIpc) is 3.07. The van der Waals surface area contributed by atoms with Gasteiger partial charge in [0.2, 0.25) is 5.91 Å². The van der Waals surface area contributed by atoms with Crippen molar-refractivity contribution in [2.75, 3.05) is 13.1 Å². The summed E-state index contributed by atoms with van der Waals surface area (Å²) in [4.78, 5) is 23.8. The lowest BCUT2D eigenvalue weighted by molar-refractivity contribution is -0.120. The molecule has 1 aliphatic carbocycles. The summed E-state index contributed by atoms with van der Waals surface area (Å²) in [7, 11) is 0. The SMILES string of the molecule is O=C(CNC(=O)c1ccoc1)NCC1(c2ccc(Cl)cc2)CCC1. The first-order valence-corrected chi connectivity index (χ1v) is 8.30. The monoisotopic (exact) mass is 346 g/mol. The molecule has 2 amide bonds. The second kappa shape index (κ2) is 7.09. The molecule has 1 heterocycles. The maximum absolute atomic E-state index is 12.0. The first-order valence-electron chi connectivity index (χ1n) is 7.92. The summed E-state index contributed by atoms with van der Waals surface area (Å²) >= 11 is 5.95. The minimum atomic E-state index is -0.324. The number of carbonyl (C=O) groups is 2.